The van der Waals surface area contributed by atoms with Gasteiger partial charge in [0.1, 0.15) is 11.3 Å². The van der Waals surface area contributed by atoms with Crippen molar-refractivity contribution in [1.82, 2.24) is 25.1 Å². The van der Waals surface area contributed by atoms with Gasteiger partial charge in [0.25, 0.3) is 0 Å². The van der Waals surface area contributed by atoms with E-state index in [0.29, 0.717) is 28.5 Å². The molecule has 0 aliphatic rings. The Kier molecular flexibility index (Phi) is 3.43. The number of oxazole rings is 1. The summed E-state index contributed by atoms with van der Waals surface area (Å²) in [5.41, 5.74) is 11.8. The predicted molar refractivity (Wildman–Crippen MR) is 102 cm³/mol. The number of aromatic amines is 1. The summed E-state index contributed by atoms with van der Waals surface area (Å²) in [6.45, 7) is 0. The van der Waals surface area contributed by atoms with Crippen LogP contribution in [0.15, 0.2) is 71.5 Å². The lowest BCUT2D eigenvalue weighted by Gasteiger charge is -2.07. The molecule has 130 valence electrons. The van der Waals surface area contributed by atoms with Crippen molar-refractivity contribution < 1.29 is 4.42 Å². The zero-order valence-corrected chi connectivity index (χ0v) is 14.1. The summed E-state index contributed by atoms with van der Waals surface area (Å²) in [6.07, 6.45) is 5.13. The fourth-order valence-electron chi connectivity index (χ4n) is 2.97. The van der Waals surface area contributed by atoms with Gasteiger partial charge in [-0.25, -0.2) is 15.0 Å². The number of nitrogen functional groups attached to an aromatic ring is 1. The van der Waals surface area contributed by atoms with E-state index in [1.807, 2.05) is 42.5 Å². The van der Waals surface area contributed by atoms with Crippen LogP contribution in [0.1, 0.15) is 0 Å². The predicted octanol–water partition coefficient (Wildman–Crippen LogP) is 3.92. The molecular weight excluding hydrogens is 340 g/mol. The van der Waals surface area contributed by atoms with Crippen molar-refractivity contribution in [3.05, 3.63) is 67.1 Å². The van der Waals surface area contributed by atoms with Crippen LogP contribution in [0.4, 0.5) is 5.82 Å². The van der Waals surface area contributed by atoms with Crippen molar-refractivity contribution in [2.24, 2.45) is 0 Å². The molecule has 0 aliphatic carbocycles. The SMILES string of the molecule is Nc1ncc(-c2cccc(-c3ccn[nH]3)c2)cc1-c1nc2cccnc2o1. The van der Waals surface area contributed by atoms with Crippen LogP contribution in [0.25, 0.3) is 45.1 Å². The summed E-state index contributed by atoms with van der Waals surface area (Å²) in [6, 6.07) is 15.6. The average Bonchev–Trinajstić information content (AvgIpc) is 3.38. The van der Waals surface area contributed by atoms with E-state index < -0.39 is 0 Å². The van der Waals surface area contributed by atoms with Crippen LogP contribution in [0.3, 0.4) is 0 Å². The molecule has 0 fully saturated rings. The van der Waals surface area contributed by atoms with Gasteiger partial charge in [0.15, 0.2) is 0 Å². The first-order chi connectivity index (χ1) is 13.3. The molecule has 1 aromatic carbocycles. The Morgan fingerprint density at radius 1 is 0.889 bits per heavy atom. The van der Waals surface area contributed by atoms with Crippen LogP contribution in [0.5, 0.6) is 0 Å². The van der Waals surface area contributed by atoms with Gasteiger partial charge in [-0.15, -0.1) is 0 Å². The molecule has 27 heavy (non-hydrogen) atoms. The maximum absolute atomic E-state index is 6.08. The Labute approximate surface area is 153 Å². The second-order valence-corrected chi connectivity index (χ2v) is 6.05. The summed E-state index contributed by atoms with van der Waals surface area (Å²) in [5.74, 6) is 0.760. The minimum Gasteiger partial charge on any atom is -0.418 e. The summed E-state index contributed by atoms with van der Waals surface area (Å²) >= 11 is 0. The molecule has 0 aliphatic heterocycles. The highest BCUT2D eigenvalue weighted by Crippen LogP contribution is 2.32. The van der Waals surface area contributed by atoms with E-state index in [9.17, 15) is 0 Å². The van der Waals surface area contributed by atoms with Gasteiger partial charge in [0, 0.05) is 29.7 Å². The fourth-order valence-corrected chi connectivity index (χ4v) is 2.97. The van der Waals surface area contributed by atoms with Crippen molar-refractivity contribution in [1.29, 1.82) is 0 Å². The normalized spacial score (nSPS) is 11.1. The van der Waals surface area contributed by atoms with Crippen LogP contribution in [0, 0.1) is 0 Å². The van der Waals surface area contributed by atoms with E-state index in [-0.39, 0.29) is 0 Å². The third kappa shape index (κ3) is 2.71. The number of nitrogens with one attached hydrogen (secondary N) is 1. The molecule has 3 N–H and O–H groups in total. The lowest BCUT2D eigenvalue weighted by Crippen LogP contribution is -1.95. The van der Waals surface area contributed by atoms with Gasteiger partial charge in [-0.05, 0) is 35.9 Å². The number of hydrogen-bond donors (Lipinski definition) is 2. The van der Waals surface area contributed by atoms with Gasteiger partial charge in [-0.2, -0.15) is 5.10 Å². The van der Waals surface area contributed by atoms with Crippen molar-refractivity contribution in [3.8, 4) is 33.8 Å². The van der Waals surface area contributed by atoms with E-state index in [1.54, 1.807) is 18.6 Å². The van der Waals surface area contributed by atoms with Gasteiger partial charge in [0.2, 0.25) is 11.6 Å². The van der Waals surface area contributed by atoms with Crippen LogP contribution < -0.4 is 5.73 Å². The summed E-state index contributed by atoms with van der Waals surface area (Å²) in [7, 11) is 0. The second kappa shape index (κ2) is 6.06. The monoisotopic (exact) mass is 354 g/mol. The van der Waals surface area contributed by atoms with Crippen LogP contribution >= 0.6 is 0 Å². The van der Waals surface area contributed by atoms with Gasteiger partial charge < -0.3 is 10.2 Å². The summed E-state index contributed by atoms with van der Waals surface area (Å²) in [4.78, 5) is 13.0. The maximum Gasteiger partial charge on any atom is 0.247 e. The average molecular weight is 354 g/mol. The van der Waals surface area contributed by atoms with Gasteiger partial charge >= 0.3 is 0 Å². The lowest BCUT2D eigenvalue weighted by molar-refractivity contribution is 0.608. The quantitative estimate of drug-likeness (QED) is 0.508. The molecule has 4 aromatic heterocycles. The van der Waals surface area contributed by atoms with Crippen molar-refractivity contribution in [2.45, 2.75) is 0 Å². The van der Waals surface area contributed by atoms with Crippen LogP contribution in [0.2, 0.25) is 0 Å². The minimum absolute atomic E-state index is 0.357. The van der Waals surface area contributed by atoms with Gasteiger partial charge in [0.05, 0.1) is 11.3 Å². The Bertz CT molecular complexity index is 1210. The van der Waals surface area contributed by atoms with E-state index in [1.165, 1.54) is 0 Å². The highest BCUT2D eigenvalue weighted by Gasteiger charge is 2.14. The smallest absolute Gasteiger partial charge is 0.247 e. The van der Waals surface area contributed by atoms with E-state index >= 15 is 0 Å². The number of rotatable bonds is 3. The second-order valence-electron chi connectivity index (χ2n) is 6.05. The minimum atomic E-state index is 0.357. The molecule has 5 aromatic rings. The first-order valence-corrected chi connectivity index (χ1v) is 8.35. The number of pyridine rings is 2. The molecule has 0 saturated carbocycles. The van der Waals surface area contributed by atoms with Crippen LogP contribution in [-0.2, 0) is 0 Å². The third-order valence-electron chi connectivity index (χ3n) is 4.32. The van der Waals surface area contributed by atoms with E-state index in [2.05, 4.69) is 31.2 Å². The van der Waals surface area contributed by atoms with Crippen molar-refractivity contribution in [2.75, 3.05) is 5.73 Å². The zero-order valence-electron chi connectivity index (χ0n) is 14.1. The number of hydrogen-bond acceptors (Lipinski definition) is 6. The standard InChI is InChI=1S/C20H14N6O/c21-18-15(19-25-17-5-2-7-22-20(17)27-19)10-14(11-23-18)12-3-1-4-13(9-12)16-6-8-24-26-16/h1-11H,(H2,21,23)(H,24,26). The third-order valence-corrected chi connectivity index (χ3v) is 4.32. The molecule has 0 amide bonds. The van der Waals surface area contributed by atoms with Crippen LogP contribution in [-0.4, -0.2) is 25.1 Å². The number of H-pyrrole nitrogens is 1. The molecule has 4 heterocycles. The Hall–Kier alpha value is -4.00. The van der Waals surface area contributed by atoms with Gasteiger partial charge in [-0.3, -0.25) is 5.10 Å². The molecule has 0 unspecified atom stereocenters. The maximum atomic E-state index is 6.08. The first kappa shape index (κ1) is 15.3. The van der Waals surface area contributed by atoms with E-state index in [0.717, 1.165) is 22.4 Å². The lowest BCUT2D eigenvalue weighted by atomic mass is 10.0. The number of anilines is 1. The number of nitrogens with zero attached hydrogens (tertiary/aromatic N) is 4. The molecule has 0 saturated heterocycles. The van der Waals surface area contributed by atoms with E-state index in [4.69, 9.17) is 10.2 Å². The fraction of sp³-hybridized carbons (Fsp3) is 0. The molecule has 0 radical (unpaired) electrons. The number of benzene rings is 1. The molecule has 7 heteroatoms. The molecule has 7 nitrogen and oxygen atoms in total. The molecule has 0 bridgehead atoms. The van der Waals surface area contributed by atoms with Crippen molar-refractivity contribution >= 4 is 17.0 Å². The summed E-state index contributed by atoms with van der Waals surface area (Å²) < 4.78 is 5.75. The number of aromatic nitrogens is 5. The topological polar surface area (TPSA) is 107 Å². The number of nitrogens with two attached hydrogens (primary N) is 1. The first-order valence-electron chi connectivity index (χ1n) is 8.35. The largest absolute Gasteiger partial charge is 0.418 e. The Morgan fingerprint density at radius 2 is 1.81 bits per heavy atom. The van der Waals surface area contributed by atoms with Crippen molar-refractivity contribution in [3.63, 3.8) is 0 Å². The Balaban J connectivity index is 1.61. The van der Waals surface area contributed by atoms with Gasteiger partial charge in [-0.1, -0.05) is 18.2 Å². The summed E-state index contributed by atoms with van der Waals surface area (Å²) in [5, 5.41) is 6.98. The molecular formula is C20H14N6O. The zero-order chi connectivity index (χ0) is 18.2. The molecule has 5 rings (SSSR count). The molecule has 0 atom stereocenters. The highest BCUT2D eigenvalue weighted by molar-refractivity contribution is 5.80. The Morgan fingerprint density at radius 3 is 2.67 bits per heavy atom. The highest BCUT2D eigenvalue weighted by atomic mass is 16.4. The number of fused-ring (bicyclic) bond motifs is 1. The molecule has 0 spiro atoms.